The smallest absolute Gasteiger partial charge is 0.315 e. The van der Waals surface area contributed by atoms with Crippen molar-refractivity contribution in [3.8, 4) is 0 Å². The fourth-order valence-corrected chi connectivity index (χ4v) is 3.23. The number of nitrogens with two attached hydrogens (primary N) is 1. The largest absolute Gasteiger partial charge is 0.371 e. The number of hydrogen-bond acceptors (Lipinski definition) is 3. The van der Waals surface area contributed by atoms with E-state index in [-0.39, 0.29) is 18.5 Å². The first-order valence-corrected chi connectivity index (χ1v) is 9.03. The summed E-state index contributed by atoms with van der Waals surface area (Å²) in [6.07, 6.45) is 0.847. The molecule has 1 saturated heterocycles. The highest BCUT2D eigenvalue weighted by atomic mass is 19.2. The molecule has 4 N–H and O–H groups in total. The maximum Gasteiger partial charge on any atom is 0.315 e. The highest BCUT2D eigenvalue weighted by Crippen LogP contribution is 2.24. The average Bonchev–Trinajstić information content (AvgIpc) is 3.16. The molecule has 0 spiro atoms. The zero-order valence-electron chi connectivity index (χ0n) is 15.3. The molecule has 1 fully saturated rings. The Morgan fingerprint density at radius 3 is 2.68 bits per heavy atom. The van der Waals surface area contributed by atoms with Crippen LogP contribution >= 0.6 is 0 Å². The Balaban J connectivity index is 1.43. The highest BCUT2D eigenvalue weighted by Gasteiger charge is 2.23. The van der Waals surface area contributed by atoms with Gasteiger partial charge in [-0.05, 0) is 42.2 Å². The molecule has 3 rings (SSSR count). The lowest BCUT2D eigenvalue weighted by atomic mass is 10.1. The van der Waals surface area contributed by atoms with Gasteiger partial charge >= 0.3 is 6.03 Å². The van der Waals surface area contributed by atoms with Gasteiger partial charge in [0.2, 0.25) is 5.91 Å². The molecule has 0 saturated carbocycles. The van der Waals surface area contributed by atoms with Crippen molar-refractivity contribution in [2.75, 3.05) is 24.5 Å². The number of halogens is 2. The topological polar surface area (TPSA) is 87.5 Å². The molecule has 1 unspecified atom stereocenters. The van der Waals surface area contributed by atoms with E-state index in [4.69, 9.17) is 5.73 Å². The number of amides is 3. The van der Waals surface area contributed by atoms with E-state index in [0.29, 0.717) is 24.3 Å². The van der Waals surface area contributed by atoms with E-state index in [1.165, 1.54) is 6.07 Å². The number of rotatable bonds is 6. The molecule has 2 aromatic rings. The van der Waals surface area contributed by atoms with Gasteiger partial charge in [0.05, 0.1) is 0 Å². The third-order valence-electron chi connectivity index (χ3n) is 4.77. The summed E-state index contributed by atoms with van der Waals surface area (Å²) in [4.78, 5) is 25.2. The number of hydrogen-bond donors (Lipinski definition) is 3. The van der Waals surface area contributed by atoms with Crippen molar-refractivity contribution in [1.82, 2.24) is 10.6 Å². The van der Waals surface area contributed by atoms with Crippen molar-refractivity contribution in [2.24, 2.45) is 11.7 Å². The third-order valence-corrected chi connectivity index (χ3v) is 4.77. The van der Waals surface area contributed by atoms with Gasteiger partial charge in [-0.15, -0.1) is 0 Å². The van der Waals surface area contributed by atoms with Gasteiger partial charge in [-0.1, -0.05) is 12.1 Å². The first-order valence-electron chi connectivity index (χ1n) is 9.03. The second-order valence-corrected chi connectivity index (χ2v) is 6.83. The van der Waals surface area contributed by atoms with Crippen molar-refractivity contribution in [3.63, 3.8) is 0 Å². The van der Waals surface area contributed by atoms with Crippen LogP contribution in [-0.2, 0) is 6.54 Å². The molecule has 1 aliphatic heterocycles. The molecular formula is C20H22F2N4O2. The molecule has 6 nitrogen and oxygen atoms in total. The number of carbonyl (C=O) groups excluding carboxylic acids is 2. The zero-order chi connectivity index (χ0) is 20.1. The van der Waals surface area contributed by atoms with Gasteiger partial charge in [-0.2, -0.15) is 0 Å². The number of primary amides is 1. The van der Waals surface area contributed by atoms with Crippen LogP contribution in [0.3, 0.4) is 0 Å². The molecule has 0 bridgehead atoms. The number of nitrogens with zero attached hydrogens (tertiary/aromatic N) is 1. The number of nitrogens with one attached hydrogen (secondary N) is 2. The first kappa shape index (κ1) is 19.6. The molecule has 28 heavy (non-hydrogen) atoms. The molecule has 0 aliphatic carbocycles. The minimum Gasteiger partial charge on any atom is -0.371 e. The molecular weight excluding hydrogens is 366 g/mol. The van der Waals surface area contributed by atoms with Gasteiger partial charge in [-0.3, -0.25) is 4.79 Å². The van der Waals surface area contributed by atoms with E-state index in [0.717, 1.165) is 24.6 Å². The lowest BCUT2D eigenvalue weighted by Gasteiger charge is -2.19. The van der Waals surface area contributed by atoms with E-state index < -0.39 is 17.5 Å². The van der Waals surface area contributed by atoms with E-state index in [1.54, 1.807) is 30.3 Å². The van der Waals surface area contributed by atoms with Crippen LogP contribution < -0.4 is 21.3 Å². The summed E-state index contributed by atoms with van der Waals surface area (Å²) in [6, 6.07) is 10.3. The standard InChI is InChI=1S/C20H22F2N4O2/c21-17-5-4-16(9-18(17)22)26-7-6-14(12-26)11-25-20(28)24-10-13-2-1-3-15(8-13)19(23)27/h1-5,8-9,14H,6-7,10-12H2,(H2,23,27)(H2,24,25,28). The van der Waals surface area contributed by atoms with Gasteiger partial charge in [0.15, 0.2) is 11.6 Å². The molecule has 3 amide bonds. The summed E-state index contributed by atoms with van der Waals surface area (Å²) >= 11 is 0. The lowest BCUT2D eigenvalue weighted by molar-refractivity contribution is 0.1000. The van der Waals surface area contributed by atoms with Crippen molar-refractivity contribution >= 4 is 17.6 Å². The molecule has 1 aliphatic rings. The minimum absolute atomic E-state index is 0.219. The van der Waals surface area contributed by atoms with Gasteiger partial charge in [0, 0.05) is 43.5 Å². The Bertz CT molecular complexity index is 875. The van der Waals surface area contributed by atoms with Gasteiger partial charge < -0.3 is 21.3 Å². The van der Waals surface area contributed by atoms with Crippen LogP contribution in [0.1, 0.15) is 22.3 Å². The fraction of sp³-hybridized carbons (Fsp3) is 0.300. The molecule has 1 atom stereocenters. The second kappa shape index (κ2) is 8.69. The molecule has 8 heteroatoms. The predicted octanol–water partition coefficient (Wildman–Crippen LogP) is 2.39. The number of carbonyl (C=O) groups is 2. The maximum absolute atomic E-state index is 13.4. The van der Waals surface area contributed by atoms with Crippen LogP contribution in [-0.4, -0.2) is 31.6 Å². The van der Waals surface area contributed by atoms with Crippen molar-refractivity contribution in [3.05, 3.63) is 65.2 Å². The van der Waals surface area contributed by atoms with E-state index in [2.05, 4.69) is 10.6 Å². The number of anilines is 1. The SMILES string of the molecule is NC(=O)c1cccc(CNC(=O)NCC2CCN(c3ccc(F)c(F)c3)C2)c1. The summed E-state index contributed by atoms with van der Waals surface area (Å²) in [6.45, 7) is 2.14. The van der Waals surface area contributed by atoms with Crippen LogP contribution in [0.2, 0.25) is 0 Å². The Labute approximate surface area is 161 Å². The summed E-state index contributed by atoms with van der Waals surface area (Å²) < 4.78 is 26.4. The Kier molecular flexibility index (Phi) is 6.08. The van der Waals surface area contributed by atoms with Crippen LogP contribution in [0.15, 0.2) is 42.5 Å². The summed E-state index contributed by atoms with van der Waals surface area (Å²) in [7, 11) is 0. The zero-order valence-corrected chi connectivity index (χ0v) is 15.3. The normalized spacial score (nSPS) is 16.1. The third kappa shape index (κ3) is 4.97. The van der Waals surface area contributed by atoms with Gasteiger partial charge in [0.1, 0.15) is 0 Å². The summed E-state index contributed by atoms with van der Waals surface area (Å²) in [5.74, 6) is -2.02. The average molecular weight is 388 g/mol. The minimum atomic E-state index is -0.862. The van der Waals surface area contributed by atoms with Gasteiger partial charge in [-0.25, -0.2) is 13.6 Å². The molecule has 0 radical (unpaired) electrons. The Morgan fingerprint density at radius 2 is 1.93 bits per heavy atom. The quantitative estimate of drug-likeness (QED) is 0.710. The van der Waals surface area contributed by atoms with E-state index >= 15 is 0 Å². The van der Waals surface area contributed by atoms with E-state index in [1.807, 2.05) is 4.90 Å². The van der Waals surface area contributed by atoms with Crippen LogP contribution in [0, 0.1) is 17.6 Å². The monoisotopic (exact) mass is 388 g/mol. The predicted molar refractivity (Wildman–Crippen MR) is 102 cm³/mol. The van der Waals surface area contributed by atoms with Crippen LogP contribution in [0.25, 0.3) is 0 Å². The van der Waals surface area contributed by atoms with Crippen molar-refractivity contribution in [1.29, 1.82) is 0 Å². The first-order chi connectivity index (χ1) is 13.4. The Morgan fingerprint density at radius 1 is 1.11 bits per heavy atom. The van der Waals surface area contributed by atoms with E-state index in [9.17, 15) is 18.4 Å². The Hall–Kier alpha value is -3.16. The van der Waals surface area contributed by atoms with Crippen LogP contribution in [0.4, 0.5) is 19.3 Å². The lowest BCUT2D eigenvalue weighted by Crippen LogP contribution is -2.38. The van der Waals surface area contributed by atoms with Crippen molar-refractivity contribution in [2.45, 2.75) is 13.0 Å². The fourth-order valence-electron chi connectivity index (χ4n) is 3.23. The highest BCUT2D eigenvalue weighted by molar-refractivity contribution is 5.92. The van der Waals surface area contributed by atoms with Crippen LogP contribution in [0.5, 0.6) is 0 Å². The summed E-state index contributed by atoms with van der Waals surface area (Å²) in [5.41, 5.74) is 7.05. The summed E-state index contributed by atoms with van der Waals surface area (Å²) in [5, 5.41) is 5.56. The maximum atomic E-state index is 13.4. The number of urea groups is 1. The number of benzene rings is 2. The molecule has 148 valence electrons. The molecule has 1 heterocycles. The van der Waals surface area contributed by atoms with Gasteiger partial charge in [0.25, 0.3) is 0 Å². The molecule has 0 aromatic heterocycles. The van der Waals surface area contributed by atoms with Crippen molar-refractivity contribution < 1.29 is 18.4 Å². The second-order valence-electron chi connectivity index (χ2n) is 6.83. The molecule has 2 aromatic carbocycles.